The van der Waals surface area contributed by atoms with Crippen molar-refractivity contribution in [3.63, 3.8) is 0 Å². The second kappa shape index (κ2) is 7.23. The number of aryl methyl sites for hydroxylation is 1. The summed E-state index contributed by atoms with van der Waals surface area (Å²) in [4.78, 5) is 9.49. The van der Waals surface area contributed by atoms with E-state index in [0.29, 0.717) is 12.2 Å². The van der Waals surface area contributed by atoms with E-state index >= 15 is 0 Å². The third-order valence-corrected chi connectivity index (χ3v) is 5.62. The van der Waals surface area contributed by atoms with Gasteiger partial charge in [0.1, 0.15) is 5.82 Å². The van der Waals surface area contributed by atoms with Gasteiger partial charge in [0.05, 0.1) is 12.2 Å². The molecule has 0 aromatic carbocycles. The summed E-state index contributed by atoms with van der Waals surface area (Å²) >= 11 is 1.54. The largest absolute Gasteiger partial charge is 0.373 e. The van der Waals surface area contributed by atoms with Gasteiger partial charge in [0.2, 0.25) is 5.13 Å². The minimum absolute atomic E-state index is 0.381. The number of hydrogen-bond acceptors (Lipinski definition) is 6. The van der Waals surface area contributed by atoms with Crippen LogP contribution in [0.25, 0.3) is 0 Å². The van der Waals surface area contributed by atoms with E-state index in [2.05, 4.69) is 33.0 Å². The monoisotopic (exact) mass is 324 g/mol. The van der Waals surface area contributed by atoms with Gasteiger partial charge in [0.15, 0.2) is 0 Å². The van der Waals surface area contributed by atoms with Crippen LogP contribution >= 0.6 is 11.5 Å². The van der Waals surface area contributed by atoms with Crippen molar-refractivity contribution in [2.24, 2.45) is 5.92 Å². The Morgan fingerprint density at radius 2 is 1.86 bits per heavy atom. The van der Waals surface area contributed by atoms with Crippen molar-refractivity contribution < 1.29 is 4.74 Å². The molecule has 1 aromatic heterocycles. The van der Waals surface area contributed by atoms with Gasteiger partial charge in [-0.2, -0.15) is 4.37 Å². The predicted molar refractivity (Wildman–Crippen MR) is 90.6 cm³/mol. The summed E-state index contributed by atoms with van der Waals surface area (Å²) in [6, 6.07) is 0. The molecule has 3 rings (SSSR count). The smallest absolute Gasteiger partial charge is 0.205 e. The minimum atomic E-state index is 0.381. The van der Waals surface area contributed by atoms with Gasteiger partial charge in [0.25, 0.3) is 0 Å². The SMILES string of the molecule is Cc1nsc(N2CCC(CCN3CC(C)OC(C)C3)CC2)n1. The van der Waals surface area contributed by atoms with Crippen LogP contribution in [0.15, 0.2) is 0 Å². The average Bonchev–Trinajstić information content (AvgIpc) is 2.91. The quantitative estimate of drug-likeness (QED) is 0.851. The van der Waals surface area contributed by atoms with Crippen LogP contribution < -0.4 is 4.90 Å². The third-order valence-electron chi connectivity index (χ3n) is 4.75. The van der Waals surface area contributed by atoms with Crippen molar-refractivity contribution in [1.82, 2.24) is 14.3 Å². The number of ether oxygens (including phenoxy) is 1. The molecule has 0 N–H and O–H groups in total. The van der Waals surface area contributed by atoms with Gasteiger partial charge in [-0.3, -0.25) is 4.90 Å². The zero-order valence-electron chi connectivity index (χ0n) is 14.0. The highest BCUT2D eigenvalue weighted by Crippen LogP contribution is 2.26. The van der Waals surface area contributed by atoms with E-state index in [4.69, 9.17) is 4.74 Å². The molecule has 2 aliphatic rings. The summed E-state index contributed by atoms with van der Waals surface area (Å²) in [6.07, 6.45) is 4.65. The first-order valence-electron chi connectivity index (χ1n) is 8.53. The molecule has 2 unspecified atom stereocenters. The zero-order valence-corrected chi connectivity index (χ0v) is 14.8. The molecule has 6 heteroatoms. The molecule has 0 radical (unpaired) electrons. The molecule has 1 aromatic rings. The van der Waals surface area contributed by atoms with Gasteiger partial charge >= 0.3 is 0 Å². The first kappa shape index (κ1) is 16.1. The molecule has 5 nitrogen and oxygen atoms in total. The van der Waals surface area contributed by atoms with E-state index in [0.717, 1.165) is 43.1 Å². The summed E-state index contributed by atoms with van der Waals surface area (Å²) in [5.41, 5.74) is 0. The molecule has 2 aliphatic heterocycles. The molecule has 0 spiro atoms. The maximum atomic E-state index is 5.81. The van der Waals surface area contributed by atoms with Crippen LogP contribution in [-0.4, -0.2) is 59.2 Å². The predicted octanol–water partition coefficient (Wildman–Crippen LogP) is 2.56. The van der Waals surface area contributed by atoms with E-state index in [9.17, 15) is 0 Å². The normalized spacial score (nSPS) is 28.2. The van der Waals surface area contributed by atoms with Crippen LogP contribution in [0.1, 0.15) is 38.9 Å². The summed E-state index contributed by atoms with van der Waals surface area (Å²) in [6.45, 7) is 12.0. The molecule has 2 saturated heterocycles. The Hall–Kier alpha value is -0.720. The topological polar surface area (TPSA) is 41.5 Å². The molecule has 124 valence electrons. The van der Waals surface area contributed by atoms with Crippen LogP contribution in [0, 0.1) is 12.8 Å². The van der Waals surface area contributed by atoms with Gasteiger partial charge in [-0.25, -0.2) is 4.98 Å². The van der Waals surface area contributed by atoms with E-state index in [1.54, 1.807) is 0 Å². The third kappa shape index (κ3) is 4.18. The first-order valence-corrected chi connectivity index (χ1v) is 9.30. The van der Waals surface area contributed by atoms with E-state index in [1.165, 1.54) is 37.3 Å². The average molecular weight is 324 g/mol. The molecule has 2 fully saturated rings. The maximum Gasteiger partial charge on any atom is 0.205 e. The lowest BCUT2D eigenvalue weighted by Crippen LogP contribution is -2.46. The molecule has 2 atom stereocenters. The Bertz CT molecular complexity index is 462. The van der Waals surface area contributed by atoms with Crippen LogP contribution in [0.4, 0.5) is 5.13 Å². The van der Waals surface area contributed by atoms with Gasteiger partial charge < -0.3 is 9.64 Å². The fourth-order valence-electron chi connectivity index (χ4n) is 3.66. The highest BCUT2D eigenvalue weighted by molar-refractivity contribution is 7.09. The number of nitrogens with zero attached hydrogens (tertiary/aromatic N) is 4. The Labute approximate surface area is 137 Å². The highest BCUT2D eigenvalue weighted by atomic mass is 32.1. The molecule has 0 bridgehead atoms. The van der Waals surface area contributed by atoms with Crippen LogP contribution in [0.5, 0.6) is 0 Å². The van der Waals surface area contributed by atoms with E-state index in [1.807, 2.05) is 6.92 Å². The van der Waals surface area contributed by atoms with Gasteiger partial charge in [-0.1, -0.05) is 0 Å². The maximum absolute atomic E-state index is 5.81. The minimum Gasteiger partial charge on any atom is -0.373 e. The summed E-state index contributed by atoms with van der Waals surface area (Å²) in [5.74, 6) is 1.76. The zero-order chi connectivity index (χ0) is 15.5. The second-order valence-corrected chi connectivity index (χ2v) is 7.59. The van der Waals surface area contributed by atoms with Crippen molar-refractivity contribution >= 4 is 16.7 Å². The molecule has 0 saturated carbocycles. The molecule has 22 heavy (non-hydrogen) atoms. The van der Waals surface area contributed by atoms with Crippen molar-refractivity contribution in [2.75, 3.05) is 37.6 Å². The van der Waals surface area contributed by atoms with E-state index < -0.39 is 0 Å². The van der Waals surface area contributed by atoms with Gasteiger partial charge in [0, 0.05) is 37.7 Å². The lowest BCUT2D eigenvalue weighted by atomic mass is 9.93. The number of hydrogen-bond donors (Lipinski definition) is 0. The summed E-state index contributed by atoms with van der Waals surface area (Å²) in [7, 11) is 0. The first-order chi connectivity index (χ1) is 10.6. The summed E-state index contributed by atoms with van der Waals surface area (Å²) in [5, 5.41) is 1.10. The Morgan fingerprint density at radius 3 is 2.45 bits per heavy atom. The highest BCUT2D eigenvalue weighted by Gasteiger charge is 2.25. The van der Waals surface area contributed by atoms with Gasteiger partial charge in [-0.15, -0.1) is 0 Å². The lowest BCUT2D eigenvalue weighted by molar-refractivity contribution is -0.0690. The number of rotatable bonds is 4. The molecule has 0 amide bonds. The summed E-state index contributed by atoms with van der Waals surface area (Å²) < 4.78 is 10.1. The fraction of sp³-hybridized carbons (Fsp3) is 0.875. The Kier molecular flexibility index (Phi) is 5.31. The van der Waals surface area contributed by atoms with Crippen LogP contribution in [-0.2, 0) is 4.74 Å². The number of anilines is 1. The van der Waals surface area contributed by atoms with Crippen molar-refractivity contribution in [1.29, 1.82) is 0 Å². The van der Waals surface area contributed by atoms with Crippen LogP contribution in [0.3, 0.4) is 0 Å². The lowest BCUT2D eigenvalue weighted by Gasteiger charge is -2.37. The standard InChI is InChI=1S/C16H28N4OS/c1-12-10-19(11-13(2)21-12)7-4-15-5-8-20(9-6-15)16-17-14(3)18-22-16/h12-13,15H,4-11H2,1-3H3. The Morgan fingerprint density at radius 1 is 1.18 bits per heavy atom. The van der Waals surface area contributed by atoms with Gasteiger partial charge in [-0.05, 0) is 52.5 Å². The van der Waals surface area contributed by atoms with Crippen molar-refractivity contribution in [3.05, 3.63) is 5.82 Å². The van der Waals surface area contributed by atoms with Crippen molar-refractivity contribution in [3.8, 4) is 0 Å². The second-order valence-electron chi connectivity index (χ2n) is 6.86. The fourth-order valence-corrected chi connectivity index (χ4v) is 4.39. The molecule has 0 aliphatic carbocycles. The van der Waals surface area contributed by atoms with Crippen LogP contribution in [0.2, 0.25) is 0 Å². The Balaban J connectivity index is 1.40. The molecular weight excluding hydrogens is 296 g/mol. The number of morpholine rings is 1. The molecule has 3 heterocycles. The number of piperidine rings is 1. The van der Waals surface area contributed by atoms with E-state index in [-0.39, 0.29) is 0 Å². The van der Waals surface area contributed by atoms with Crippen molar-refractivity contribution in [2.45, 2.75) is 52.2 Å². The number of aromatic nitrogens is 2. The molecular formula is C16H28N4OS.